The van der Waals surface area contributed by atoms with Crippen LogP contribution in [0.2, 0.25) is 0 Å². The number of nitrogens with zero attached hydrogens (tertiary/aromatic N) is 2. The van der Waals surface area contributed by atoms with Crippen LogP contribution in [-0.4, -0.2) is 29.0 Å². The van der Waals surface area contributed by atoms with Crippen molar-refractivity contribution in [3.63, 3.8) is 0 Å². The molecule has 5 nitrogen and oxygen atoms in total. The first-order valence-electron chi connectivity index (χ1n) is 10.4. The second kappa shape index (κ2) is 8.36. The van der Waals surface area contributed by atoms with E-state index in [9.17, 15) is 4.79 Å². The van der Waals surface area contributed by atoms with E-state index in [0.717, 1.165) is 48.6 Å². The molecule has 2 heterocycles. The van der Waals surface area contributed by atoms with Crippen molar-refractivity contribution in [1.29, 1.82) is 0 Å². The molecule has 4 rings (SSSR count). The lowest BCUT2D eigenvalue weighted by molar-refractivity contribution is 0.101. The standard InChI is InChI=1S/C25H29N3O2/c1-17-8-9-18(2)22(12-17)26-25(29)24-14-20-16-28(11-10-23(20)27(24)3)15-19-6-5-7-21(13-19)30-4/h5-9,12-14H,10-11,15-16H2,1-4H3,(H,26,29). The van der Waals surface area contributed by atoms with E-state index in [2.05, 4.69) is 33.0 Å². The van der Waals surface area contributed by atoms with E-state index in [1.165, 1.54) is 16.8 Å². The summed E-state index contributed by atoms with van der Waals surface area (Å²) in [5, 5.41) is 3.09. The van der Waals surface area contributed by atoms with E-state index in [-0.39, 0.29) is 5.91 Å². The lowest BCUT2D eigenvalue weighted by atomic mass is 10.1. The summed E-state index contributed by atoms with van der Waals surface area (Å²) in [5.74, 6) is 0.829. The van der Waals surface area contributed by atoms with Gasteiger partial charge < -0.3 is 14.6 Å². The Kier molecular flexibility index (Phi) is 5.64. The summed E-state index contributed by atoms with van der Waals surface area (Å²) in [7, 11) is 3.69. The number of amides is 1. The zero-order valence-electron chi connectivity index (χ0n) is 18.2. The Labute approximate surface area is 178 Å². The summed E-state index contributed by atoms with van der Waals surface area (Å²) in [6.45, 7) is 6.74. The van der Waals surface area contributed by atoms with Gasteiger partial charge in [-0.25, -0.2) is 0 Å². The molecule has 0 bridgehead atoms. The Morgan fingerprint density at radius 2 is 1.97 bits per heavy atom. The van der Waals surface area contributed by atoms with E-state index in [0.29, 0.717) is 5.69 Å². The maximum absolute atomic E-state index is 13.0. The molecule has 1 aromatic heterocycles. The monoisotopic (exact) mass is 403 g/mol. The van der Waals surface area contributed by atoms with Gasteiger partial charge in [0.1, 0.15) is 11.4 Å². The normalized spacial score (nSPS) is 13.7. The molecule has 1 N–H and O–H groups in total. The van der Waals surface area contributed by atoms with Crippen molar-refractivity contribution < 1.29 is 9.53 Å². The molecular weight excluding hydrogens is 374 g/mol. The number of aryl methyl sites for hydroxylation is 2. The lowest BCUT2D eigenvalue weighted by Crippen LogP contribution is -2.30. The molecule has 1 aliphatic rings. The Morgan fingerprint density at radius 3 is 2.77 bits per heavy atom. The molecule has 156 valence electrons. The fourth-order valence-electron chi connectivity index (χ4n) is 4.19. The van der Waals surface area contributed by atoms with Gasteiger partial charge in [0.25, 0.3) is 5.91 Å². The molecule has 0 spiro atoms. The van der Waals surface area contributed by atoms with Crippen LogP contribution >= 0.6 is 0 Å². The summed E-state index contributed by atoms with van der Waals surface area (Å²) < 4.78 is 7.40. The number of methoxy groups -OCH3 is 1. The summed E-state index contributed by atoms with van der Waals surface area (Å²) in [6.07, 6.45) is 0.937. The number of nitrogens with one attached hydrogen (secondary N) is 1. The van der Waals surface area contributed by atoms with Crippen molar-refractivity contribution in [2.24, 2.45) is 7.05 Å². The average molecular weight is 404 g/mol. The van der Waals surface area contributed by atoms with Crippen molar-refractivity contribution in [3.8, 4) is 5.75 Å². The van der Waals surface area contributed by atoms with Crippen LogP contribution in [0.1, 0.15) is 38.4 Å². The zero-order valence-corrected chi connectivity index (χ0v) is 18.2. The molecule has 5 heteroatoms. The van der Waals surface area contributed by atoms with Crippen LogP contribution in [0.25, 0.3) is 0 Å². The number of carbonyl (C=O) groups excluding carboxylic acids is 1. The largest absolute Gasteiger partial charge is 0.497 e. The summed E-state index contributed by atoms with van der Waals surface area (Å²) in [4.78, 5) is 15.4. The first kappa shape index (κ1) is 20.2. The minimum atomic E-state index is -0.0556. The third-order valence-corrected chi connectivity index (χ3v) is 5.92. The van der Waals surface area contributed by atoms with Crippen molar-refractivity contribution in [2.45, 2.75) is 33.4 Å². The predicted molar refractivity (Wildman–Crippen MR) is 120 cm³/mol. The second-order valence-electron chi connectivity index (χ2n) is 8.15. The first-order chi connectivity index (χ1) is 14.4. The fraction of sp³-hybridized carbons (Fsp3) is 0.320. The summed E-state index contributed by atoms with van der Waals surface area (Å²) >= 11 is 0. The molecule has 1 aliphatic heterocycles. The molecule has 0 aliphatic carbocycles. The van der Waals surface area contributed by atoms with Crippen molar-refractivity contribution >= 4 is 11.6 Å². The highest BCUT2D eigenvalue weighted by molar-refractivity contribution is 6.04. The van der Waals surface area contributed by atoms with Gasteiger partial charge >= 0.3 is 0 Å². The van der Waals surface area contributed by atoms with Gasteiger partial charge in [-0.2, -0.15) is 0 Å². The van der Waals surface area contributed by atoms with E-state index in [1.54, 1.807) is 7.11 Å². The topological polar surface area (TPSA) is 46.5 Å². The van der Waals surface area contributed by atoms with E-state index in [1.807, 2.05) is 51.2 Å². The summed E-state index contributed by atoms with van der Waals surface area (Å²) in [6, 6.07) is 16.4. The minimum Gasteiger partial charge on any atom is -0.497 e. The number of fused-ring (bicyclic) bond motifs is 1. The van der Waals surface area contributed by atoms with Crippen LogP contribution in [0.4, 0.5) is 5.69 Å². The SMILES string of the molecule is COc1cccc(CN2CCc3c(cc(C(=O)Nc4cc(C)ccc4C)n3C)C2)c1. The second-order valence-corrected chi connectivity index (χ2v) is 8.15. The number of ether oxygens (including phenoxy) is 1. The molecule has 3 aromatic rings. The maximum Gasteiger partial charge on any atom is 0.272 e. The van der Waals surface area contributed by atoms with Crippen LogP contribution in [-0.2, 0) is 26.6 Å². The number of anilines is 1. The number of benzene rings is 2. The van der Waals surface area contributed by atoms with Crippen molar-refractivity contribution in [3.05, 3.63) is 82.2 Å². The van der Waals surface area contributed by atoms with Crippen molar-refractivity contribution in [1.82, 2.24) is 9.47 Å². The number of aromatic nitrogens is 1. The van der Waals surface area contributed by atoms with Crippen molar-refractivity contribution in [2.75, 3.05) is 19.0 Å². The highest BCUT2D eigenvalue weighted by atomic mass is 16.5. The Morgan fingerprint density at radius 1 is 1.13 bits per heavy atom. The van der Waals surface area contributed by atoms with Crippen LogP contribution in [0.3, 0.4) is 0 Å². The van der Waals surface area contributed by atoms with E-state index in [4.69, 9.17) is 4.74 Å². The maximum atomic E-state index is 13.0. The van der Waals surface area contributed by atoms with Crippen LogP contribution in [0.5, 0.6) is 5.75 Å². The number of rotatable bonds is 5. The van der Waals surface area contributed by atoms with Gasteiger partial charge in [0, 0.05) is 44.5 Å². The third-order valence-electron chi connectivity index (χ3n) is 5.92. The molecular formula is C25H29N3O2. The predicted octanol–water partition coefficient (Wildman–Crippen LogP) is 4.46. The molecule has 0 radical (unpaired) electrons. The Bertz CT molecular complexity index is 1080. The zero-order chi connectivity index (χ0) is 21.3. The molecule has 0 unspecified atom stereocenters. The Balaban J connectivity index is 1.50. The van der Waals surface area contributed by atoms with E-state index >= 15 is 0 Å². The molecule has 1 amide bonds. The highest BCUT2D eigenvalue weighted by Gasteiger charge is 2.24. The minimum absolute atomic E-state index is 0.0556. The van der Waals surface area contributed by atoms with Gasteiger partial charge in [0.15, 0.2) is 0 Å². The van der Waals surface area contributed by atoms with Crippen LogP contribution in [0.15, 0.2) is 48.5 Å². The van der Waals surface area contributed by atoms with Gasteiger partial charge in [-0.05, 0) is 60.4 Å². The van der Waals surface area contributed by atoms with Gasteiger partial charge in [0.2, 0.25) is 0 Å². The van der Waals surface area contributed by atoms with Gasteiger partial charge in [0.05, 0.1) is 7.11 Å². The third kappa shape index (κ3) is 4.12. The van der Waals surface area contributed by atoms with Crippen LogP contribution < -0.4 is 10.1 Å². The van der Waals surface area contributed by atoms with Gasteiger partial charge in [-0.1, -0.05) is 24.3 Å². The summed E-state index contributed by atoms with van der Waals surface area (Å²) in [5.41, 5.74) is 7.51. The molecule has 0 atom stereocenters. The van der Waals surface area contributed by atoms with Gasteiger partial charge in [-0.15, -0.1) is 0 Å². The number of carbonyl (C=O) groups is 1. The molecule has 30 heavy (non-hydrogen) atoms. The lowest BCUT2D eigenvalue weighted by Gasteiger charge is -2.27. The number of hydrogen-bond acceptors (Lipinski definition) is 3. The Hall–Kier alpha value is -3.05. The highest BCUT2D eigenvalue weighted by Crippen LogP contribution is 2.26. The molecule has 0 fully saturated rings. The van der Waals surface area contributed by atoms with E-state index < -0.39 is 0 Å². The smallest absolute Gasteiger partial charge is 0.272 e. The molecule has 2 aromatic carbocycles. The molecule has 0 saturated carbocycles. The average Bonchev–Trinajstić information content (AvgIpc) is 3.07. The molecule has 0 saturated heterocycles. The van der Waals surface area contributed by atoms with Crippen LogP contribution in [0, 0.1) is 13.8 Å². The fourth-order valence-corrected chi connectivity index (χ4v) is 4.19. The van der Waals surface area contributed by atoms with Gasteiger partial charge in [-0.3, -0.25) is 9.69 Å². The quantitative estimate of drug-likeness (QED) is 0.684. The number of hydrogen-bond donors (Lipinski definition) is 1. The first-order valence-corrected chi connectivity index (χ1v) is 10.4.